The Labute approximate surface area is 119 Å². The maximum absolute atomic E-state index is 11.1. The minimum absolute atomic E-state index is 0.175. The number of hydrogen-bond acceptors (Lipinski definition) is 2. The van der Waals surface area contributed by atoms with E-state index in [4.69, 9.17) is 9.84 Å². The van der Waals surface area contributed by atoms with Gasteiger partial charge in [0.05, 0.1) is 0 Å². The second-order valence-corrected chi connectivity index (χ2v) is 5.06. The van der Waals surface area contributed by atoms with Crippen molar-refractivity contribution in [3.63, 3.8) is 0 Å². The quantitative estimate of drug-likeness (QED) is 0.845. The number of carbonyl (C=O) groups is 1. The Kier molecular flexibility index (Phi) is 3.86. The zero-order valence-electron chi connectivity index (χ0n) is 9.68. The first-order chi connectivity index (χ1) is 8.58. The average molecular weight is 354 g/mol. The maximum atomic E-state index is 11.1. The van der Waals surface area contributed by atoms with E-state index in [-0.39, 0.29) is 5.56 Å². The highest BCUT2D eigenvalue weighted by molar-refractivity contribution is 14.1. The topological polar surface area (TPSA) is 46.5 Å². The first-order valence-electron chi connectivity index (χ1n) is 5.34. The molecule has 0 saturated carbocycles. The molecule has 2 aromatic carbocycles. The highest BCUT2D eigenvalue weighted by Gasteiger charge is 2.13. The first-order valence-corrected chi connectivity index (χ1v) is 6.42. The number of benzene rings is 2. The van der Waals surface area contributed by atoms with Gasteiger partial charge in [-0.05, 0) is 65.4 Å². The molecule has 0 aliphatic heterocycles. The Morgan fingerprint density at radius 3 is 2.44 bits per heavy atom. The SMILES string of the molecule is Cc1cccc(C(=O)O)c1Oc1ccc(I)cc1. The normalized spacial score (nSPS) is 10.1. The molecule has 0 radical (unpaired) electrons. The summed E-state index contributed by atoms with van der Waals surface area (Å²) in [6.45, 7) is 1.83. The van der Waals surface area contributed by atoms with E-state index in [2.05, 4.69) is 22.6 Å². The lowest BCUT2D eigenvalue weighted by Gasteiger charge is -2.11. The Bertz CT molecular complexity index is 576. The molecule has 2 aromatic rings. The van der Waals surface area contributed by atoms with Crippen LogP contribution in [-0.4, -0.2) is 11.1 Å². The molecule has 0 unspecified atom stereocenters. The monoisotopic (exact) mass is 354 g/mol. The molecule has 1 N–H and O–H groups in total. The van der Waals surface area contributed by atoms with Crippen LogP contribution in [0.25, 0.3) is 0 Å². The summed E-state index contributed by atoms with van der Waals surface area (Å²) in [5.74, 6) is 0.0395. The van der Waals surface area contributed by atoms with E-state index in [9.17, 15) is 4.79 Å². The molecular weight excluding hydrogens is 343 g/mol. The number of rotatable bonds is 3. The number of aryl methyl sites for hydroxylation is 1. The Morgan fingerprint density at radius 2 is 1.83 bits per heavy atom. The van der Waals surface area contributed by atoms with Crippen molar-refractivity contribution in [2.24, 2.45) is 0 Å². The summed E-state index contributed by atoms with van der Waals surface area (Å²) < 4.78 is 6.77. The number of para-hydroxylation sites is 1. The van der Waals surface area contributed by atoms with Crippen LogP contribution in [0.5, 0.6) is 11.5 Å². The standard InChI is InChI=1S/C14H11IO3/c1-9-3-2-4-12(14(16)17)13(9)18-11-7-5-10(15)6-8-11/h2-8H,1H3,(H,16,17). The predicted octanol–water partition coefficient (Wildman–Crippen LogP) is 4.09. The second-order valence-electron chi connectivity index (χ2n) is 3.81. The first kappa shape index (κ1) is 12.9. The molecule has 92 valence electrons. The predicted molar refractivity (Wildman–Crippen MR) is 77.4 cm³/mol. The van der Waals surface area contributed by atoms with Crippen LogP contribution in [0.4, 0.5) is 0 Å². The third-order valence-electron chi connectivity index (χ3n) is 2.48. The van der Waals surface area contributed by atoms with Gasteiger partial charge >= 0.3 is 5.97 Å². The van der Waals surface area contributed by atoms with Gasteiger partial charge in [0.2, 0.25) is 0 Å². The van der Waals surface area contributed by atoms with Crippen molar-refractivity contribution in [2.75, 3.05) is 0 Å². The van der Waals surface area contributed by atoms with Crippen LogP contribution in [0.3, 0.4) is 0 Å². The number of aromatic carboxylic acids is 1. The summed E-state index contributed by atoms with van der Waals surface area (Å²) >= 11 is 2.20. The van der Waals surface area contributed by atoms with Crippen LogP contribution in [-0.2, 0) is 0 Å². The molecule has 2 rings (SSSR count). The molecule has 0 spiro atoms. The van der Waals surface area contributed by atoms with E-state index in [1.807, 2.05) is 37.3 Å². The fourth-order valence-electron chi connectivity index (χ4n) is 1.58. The van der Waals surface area contributed by atoms with Gasteiger partial charge in [-0.2, -0.15) is 0 Å². The number of ether oxygens (including phenoxy) is 1. The smallest absolute Gasteiger partial charge is 0.339 e. The Morgan fingerprint density at radius 1 is 1.17 bits per heavy atom. The summed E-state index contributed by atoms with van der Waals surface area (Å²) in [6.07, 6.45) is 0. The van der Waals surface area contributed by atoms with Crippen molar-refractivity contribution in [3.05, 3.63) is 57.2 Å². The van der Waals surface area contributed by atoms with Crippen LogP contribution in [0, 0.1) is 10.5 Å². The van der Waals surface area contributed by atoms with Crippen LogP contribution >= 0.6 is 22.6 Å². The summed E-state index contributed by atoms with van der Waals surface area (Å²) in [6, 6.07) is 12.5. The zero-order valence-corrected chi connectivity index (χ0v) is 11.8. The molecule has 0 saturated heterocycles. The van der Waals surface area contributed by atoms with Gasteiger partial charge in [0.1, 0.15) is 17.1 Å². The van der Waals surface area contributed by atoms with Gasteiger partial charge < -0.3 is 9.84 Å². The van der Waals surface area contributed by atoms with Crippen LogP contribution in [0.15, 0.2) is 42.5 Å². The molecule has 18 heavy (non-hydrogen) atoms. The molecule has 0 aliphatic carbocycles. The molecule has 3 nitrogen and oxygen atoms in total. The molecule has 0 amide bonds. The number of hydrogen-bond donors (Lipinski definition) is 1. The van der Waals surface area contributed by atoms with Gasteiger partial charge in [0, 0.05) is 3.57 Å². The van der Waals surface area contributed by atoms with E-state index in [1.54, 1.807) is 6.07 Å². The molecule has 0 aliphatic rings. The third-order valence-corrected chi connectivity index (χ3v) is 3.20. The molecule has 0 bridgehead atoms. The lowest BCUT2D eigenvalue weighted by atomic mass is 10.1. The van der Waals surface area contributed by atoms with Gasteiger partial charge in [-0.15, -0.1) is 0 Å². The van der Waals surface area contributed by atoms with E-state index < -0.39 is 5.97 Å². The van der Waals surface area contributed by atoms with Crippen molar-refractivity contribution >= 4 is 28.6 Å². The van der Waals surface area contributed by atoms with Crippen LogP contribution < -0.4 is 4.74 Å². The molecule has 0 atom stereocenters. The van der Waals surface area contributed by atoms with Gasteiger partial charge in [0.25, 0.3) is 0 Å². The van der Waals surface area contributed by atoms with Crippen LogP contribution in [0.1, 0.15) is 15.9 Å². The third kappa shape index (κ3) is 2.81. The van der Waals surface area contributed by atoms with E-state index in [1.165, 1.54) is 6.07 Å². The largest absolute Gasteiger partial charge is 0.478 e. The number of carboxylic acid groups (broad SMARTS) is 1. The Balaban J connectivity index is 2.39. The van der Waals surface area contributed by atoms with E-state index in [0.717, 1.165) is 9.13 Å². The van der Waals surface area contributed by atoms with Crippen molar-refractivity contribution in [3.8, 4) is 11.5 Å². The fraction of sp³-hybridized carbons (Fsp3) is 0.0714. The van der Waals surface area contributed by atoms with Gasteiger partial charge in [0.15, 0.2) is 0 Å². The van der Waals surface area contributed by atoms with E-state index in [0.29, 0.717) is 11.5 Å². The summed E-state index contributed by atoms with van der Waals surface area (Å²) in [4.78, 5) is 11.1. The lowest BCUT2D eigenvalue weighted by Crippen LogP contribution is -2.01. The second kappa shape index (κ2) is 5.39. The van der Waals surface area contributed by atoms with Gasteiger partial charge in [-0.3, -0.25) is 0 Å². The van der Waals surface area contributed by atoms with E-state index >= 15 is 0 Å². The molecule has 0 heterocycles. The average Bonchev–Trinajstić information content (AvgIpc) is 2.34. The molecule has 0 aromatic heterocycles. The fourth-order valence-corrected chi connectivity index (χ4v) is 1.94. The highest BCUT2D eigenvalue weighted by Crippen LogP contribution is 2.29. The van der Waals surface area contributed by atoms with Gasteiger partial charge in [-0.1, -0.05) is 12.1 Å². The Hall–Kier alpha value is -1.56. The summed E-state index contributed by atoms with van der Waals surface area (Å²) in [7, 11) is 0. The maximum Gasteiger partial charge on any atom is 0.339 e. The zero-order chi connectivity index (χ0) is 13.1. The van der Waals surface area contributed by atoms with Gasteiger partial charge in [-0.25, -0.2) is 4.79 Å². The van der Waals surface area contributed by atoms with Crippen molar-refractivity contribution < 1.29 is 14.6 Å². The minimum Gasteiger partial charge on any atom is -0.478 e. The number of halogens is 1. The number of carboxylic acids is 1. The lowest BCUT2D eigenvalue weighted by molar-refractivity contribution is 0.0694. The summed E-state index contributed by atoms with van der Waals surface area (Å²) in [5, 5.41) is 9.13. The summed E-state index contributed by atoms with van der Waals surface area (Å²) in [5.41, 5.74) is 0.974. The molecular formula is C14H11IO3. The van der Waals surface area contributed by atoms with Crippen molar-refractivity contribution in [1.29, 1.82) is 0 Å². The minimum atomic E-state index is -0.987. The van der Waals surface area contributed by atoms with Crippen molar-refractivity contribution in [2.45, 2.75) is 6.92 Å². The molecule has 4 heteroatoms. The molecule has 0 fully saturated rings. The van der Waals surface area contributed by atoms with Crippen LogP contribution in [0.2, 0.25) is 0 Å². The van der Waals surface area contributed by atoms with Crippen molar-refractivity contribution in [1.82, 2.24) is 0 Å². The highest BCUT2D eigenvalue weighted by atomic mass is 127.